The Kier molecular flexibility index (Phi) is 5.61. The molecule has 1 heterocycles. The van der Waals surface area contributed by atoms with Crippen molar-refractivity contribution < 1.29 is 4.74 Å². The van der Waals surface area contributed by atoms with Gasteiger partial charge >= 0.3 is 0 Å². The van der Waals surface area contributed by atoms with Crippen LogP contribution in [0.5, 0.6) is 0 Å². The second kappa shape index (κ2) is 7.46. The highest BCUT2D eigenvalue weighted by atomic mass is 16.5. The Hall–Kier alpha value is -0.0800. The van der Waals surface area contributed by atoms with Gasteiger partial charge in [0.25, 0.3) is 0 Å². The zero-order valence-corrected chi connectivity index (χ0v) is 14.0. The van der Waals surface area contributed by atoms with E-state index in [0.29, 0.717) is 5.60 Å². The van der Waals surface area contributed by atoms with E-state index in [9.17, 15) is 0 Å². The quantitative estimate of drug-likeness (QED) is 0.743. The largest absolute Gasteiger partial charge is 0.375 e. The smallest absolute Gasteiger partial charge is 0.0685 e. The SMILES string of the molecule is CCNC(CC1CCCCCC1)C1CCOC2(CCC2)C1. The molecule has 0 aromatic carbocycles. The van der Waals surface area contributed by atoms with Crippen LogP contribution in [0, 0.1) is 11.8 Å². The van der Waals surface area contributed by atoms with Crippen LogP contribution in [0.25, 0.3) is 0 Å². The van der Waals surface area contributed by atoms with Gasteiger partial charge in [-0.1, -0.05) is 45.4 Å². The molecule has 1 aliphatic heterocycles. The maximum atomic E-state index is 6.14. The van der Waals surface area contributed by atoms with E-state index >= 15 is 0 Å². The number of nitrogens with one attached hydrogen (secondary N) is 1. The van der Waals surface area contributed by atoms with E-state index < -0.39 is 0 Å². The van der Waals surface area contributed by atoms with E-state index in [1.807, 2.05) is 0 Å². The number of ether oxygens (including phenoxy) is 1. The molecule has 21 heavy (non-hydrogen) atoms. The average molecular weight is 293 g/mol. The van der Waals surface area contributed by atoms with Crippen LogP contribution in [0.15, 0.2) is 0 Å². The molecule has 0 bridgehead atoms. The second-order valence-electron chi connectivity index (χ2n) is 7.90. The van der Waals surface area contributed by atoms with Crippen molar-refractivity contribution >= 4 is 0 Å². The number of hydrogen-bond donors (Lipinski definition) is 1. The Morgan fingerprint density at radius 2 is 1.81 bits per heavy atom. The van der Waals surface area contributed by atoms with Gasteiger partial charge in [-0.05, 0) is 56.9 Å². The lowest BCUT2D eigenvalue weighted by atomic mass is 9.69. The fraction of sp³-hybridized carbons (Fsp3) is 1.00. The first kappa shape index (κ1) is 15.8. The molecule has 0 aromatic rings. The Morgan fingerprint density at radius 1 is 1.05 bits per heavy atom. The molecule has 1 saturated heterocycles. The van der Waals surface area contributed by atoms with Crippen molar-refractivity contribution in [1.82, 2.24) is 5.32 Å². The van der Waals surface area contributed by atoms with Crippen molar-refractivity contribution in [3.05, 3.63) is 0 Å². The van der Waals surface area contributed by atoms with E-state index in [1.54, 1.807) is 0 Å². The maximum absolute atomic E-state index is 6.14. The summed E-state index contributed by atoms with van der Waals surface area (Å²) in [6.45, 7) is 4.41. The standard InChI is InChI=1S/C19H35NO/c1-2-20-18(14-16-8-5-3-4-6-9-16)17-10-13-21-19(15-17)11-7-12-19/h16-18,20H,2-15H2,1H3. The van der Waals surface area contributed by atoms with Gasteiger partial charge in [0, 0.05) is 12.6 Å². The van der Waals surface area contributed by atoms with Crippen molar-refractivity contribution in [2.24, 2.45) is 11.8 Å². The molecule has 2 unspecified atom stereocenters. The molecule has 2 saturated carbocycles. The summed E-state index contributed by atoms with van der Waals surface area (Å²) >= 11 is 0. The third kappa shape index (κ3) is 4.01. The molecule has 122 valence electrons. The van der Waals surface area contributed by atoms with Crippen molar-refractivity contribution in [2.75, 3.05) is 13.2 Å². The Balaban J connectivity index is 1.57. The molecule has 2 atom stereocenters. The molecule has 0 aromatic heterocycles. The van der Waals surface area contributed by atoms with Crippen LogP contribution in [0.1, 0.15) is 84.0 Å². The monoisotopic (exact) mass is 293 g/mol. The molecule has 2 heteroatoms. The minimum absolute atomic E-state index is 0.306. The minimum atomic E-state index is 0.306. The molecule has 3 aliphatic rings. The van der Waals surface area contributed by atoms with E-state index in [-0.39, 0.29) is 0 Å². The van der Waals surface area contributed by atoms with Crippen molar-refractivity contribution in [1.29, 1.82) is 0 Å². The Bertz CT molecular complexity index is 305. The number of rotatable bonds is 5. The maximum Gasteiger partial charge on any atom is 0.0685 e. The van der Waals surface area contributed by atoms with Crippen LogP contribution in [0.3, 0.4) is 0 Å². The van der Waals surface area contributed by atoms with Gasteiger partial charge in [0.2, 0.25) is 0 Å². The van der Waals surface area contributed by atoms with Gasteiger partial charge in [0.15, 0.2) is 0 Å². The predicted molar refractivity (Wildman–Crippen MR) is 88.5 cm³/mol. The zero-order valence-electron chi connectivity index (χ0n) is 14.0. The third-order valence-electron chi connectivity index (χ3n) is 6.39. The second-order valence-corrected chi connectivity index (χ2v) is 7.90. The third-order valence-corrected chi connectivity index (χ3v) is 6.39. The molecule has 3 fully saturated rings. The first-order valence-corrected chi connectivity index (χ1v) is 9.69. The summed E-state index contributed by atoms with van der Waals surface area (Å²) in [6.07, 6.45) is 16.9. The fourth-order valence-electron chi connectivity index (χ4n) is 4.99. The summed E-state index contributed by atoms with van der Waals surface area (Å²) in [6, 6.07) is 0.750. The topological polar surface area (TPSA) is 21.3 Å². The molecule has 1 spiro atoms. The van der Waals surface area contributed by atoms with Crippen LogP contribution in [0.2, 0.25) is 0 Å². The average Bonchev–Trinajstić information content (AvgIpc) is 2.74. The van der Waals surface area contributed by atoms with Gasteiger partial charge < -0.3 is 10.1 Å². The highest BCUT2D eigenvalue weighted by Crippen LogP contribution is 2.45. The minimum Gasteiger partial charge on any atom is -0.375 e. The van der Waals surface area contributed by atoms with Crippen LogP contribution >= 0.6 is 0 Å². The molecule has 2 aliphatic carbocycles. The van der Waals surface area contributed by atoms with Crippen LogP contribution < -0.4 is 5.32 Å². The lowest BCUT2D eigenvalue weighted by molar-refractivity contribution is -0.147. The number of hydrogen-bond acceptors (Lipinski definition) is 2. The fourth-order valence-corrected chi connectivity index (χ4v) is 4.99. The van der Waals surface area contributed by atoms with E-state index in [2.05, 4.69) is 12.2 Å². The lowest BCUT2D eigenvalue weighted by Crippen LogP contribution is -2.50. The molecule has 2 nitrogen and oxygen atoms in total. The van der Waals surface area contributed by atoms with Gasteiger partial charge in [-0.25, -0.2) is 0 Å². The Morgan fingerprint density at radius 3 is 2.43 bits per heavy atom. The van der Waals surface area contributed by atoms with Gasteiger partial charge in [-0.3, -0.25) is 0 Å². The first-order valence-electron chi connectivity index (χ1n) is 9.69. The summed E-state index contributed by atoms with van der Waals surface area (Å²) in [5.41, 5.74) is 0.306. The van der Waals surface area contributed by atoms with Crippen molar-refractivity contribution in [3.8, 4) is 0 Å². The van der Waals surface area contributed by atoms with Gasteiger partial charge in [-0.15, -0.1) is 0 Å². The van der Waals surface area contributed by atoms with Crippen LogP contribution in [-0.2, 0) is 4.74 Å². The summed E-state index contributed by atoms with van der Waals surface area (Å²) in [5, 5.41) is 3.85. The van der Waals surface area contributed by atoms with E-state index in [4.69, 9.17) is 4.74 Å². The summed E-state index contributed by atoms with van der Waals surface area (Å²) in [4.78, 5) is 0. The normalized spacial score (nSPS) is 31.6. The molecule has 3 rings (SSSR count). The lowest BCUT2D eigenvalue weighted by Gasteiger charge is -2.49. The molecular formula is C19H35NO. The molecular weight excluding hydrogens is 258 g/mol. The highest BCUT2D eigenvalue weighted by molar-refractivity contribution is 4.97. The van der Waals surface area contributed by atoms with Gasteiger partial charge in [-0.2, -0.15) is 0 Å². The van der Waals surface area contributed by atoms with Crippen molar-refractivity contribution in [3.63, 3.8) is 0 Å². The van der Waals surface area contributed by atoms with E-state index in [1.165, 1.54) is 77.0 Å². The Labute approximate surface area is 131 Å². The molecule has 1 N–H and O–H groups in total. The van der Waals surface area contributed by atoms with Crippen molar-refractivity contribution in [2.45, 2.75) is 95.6 Å². The summed E-state index contributed by atoms with van der Waals surface area (Å²) in [5.74, 6) is 1.85. The summed E-state index contributed by atoms with van der Waals surface area (Å²) < 4.78 is 6.14. The molecule has 0 amide bonds. The molecule has 0 radical (unpaired) electrons. The summed E-state index contributed by atoms with van der Waals surface area (Å²) in [7, 11) is 0. The van der Waals surface area contributed by atoms with Crippen LogP contribution in [-0.4, -0.2) is 24.8 Å². The van der Waals surface area contributed by atoms with Crippen LogP contribution in [0.4, 0.5) is 0 Å². The zero-order chi connectivity index (χ0) is 14.5. The highest BCUT2D eigenvalue weighted by Gasteiger charge is 2.44. The predicted octanol–water partition coefficient (Wildman–Crippen LogP) is 4.67. The first-order chi connectivity index (χ1) is 10.3. The van der Waals surface area contributed by atoms with E-state index in [0.717, 1.165) is 31.0 Å². The van der Waals surface area contributed by atoms with Gasteiger partial charge in [0.05, 0.1) is 5.60 Å². The van der Waals surface area contributed by atoms with Gasteiger partial charge in [0.1, 0.15) is 0 Å².